The number of hydrogen-bond donors (Lipinski definition) is 0. The van der Waals surface area contributed by atoms with E-state index in [1.807, 2.05) is 0 Å². The van der Waals surface area contributed by atoms with Crippen molar-refractivity contribution in [1.29, 1.82) is 0 Å². The molecule has 0 spiro atoms. The molecule has 0 N–H and O–H groups in total. The topological polar surface area (TPSA) is 44.1 Å². The van der Waals surface area contributed by atoms with Crippen molar-refractivity contribution in [3.05, 3.63) is 28.2 Å². The number of hydrogen-bond acceptors (Lipinski definition) is 3. The second-order valence-corrected chi connectivity index (χ2v) is 4.88. The van der Waals surface area contributed by atoms with E-state index in [1.54, 1.807) is 19.2 Å². The molecule has 4 heteroatoms. The van der Waals surface area contributed by atoms with E-state index in [-0.39, 0.29) is 11.0 Å². The molecular weight excluding hydrogens is 204 g/mol. The molecule has 0 aromatic carbocycles. The molecule has 4 nitrogen and oxygen atoms in total. The molecule has 1 aromatic heterocycles. The Bertz CT molecular complexity index is 391. The quantitative estimate of drug-likeness (QED) is 0.729. The number of rotatable bonds is 4. The van der Waals surface area contributed by atoms with Crippen molar-refractivity contribution in [2.45, 2.75) is 39.2 Å². The zero-order valence-electron chi connectivity index (χ0n) is 10.5. The normalized spacial score (nSPS) is 11.8. The number of aryl methyl sites for hydroxylation is 1. The first-order valence-corrected chi connectivity index (χ1v) is 5.53. The van der Waals surface area contributed by atoms with Gasteiger partial charge >= 0.3 is 0 Å². The second kappa shape index (κ2) is 5.25. The van der Waals surface area contributed by atoms with Gasteiger partial charge in [0.2, 0.25) is 0 Å². The lowest BCUT2D eigenvalue weighted by Crippen LogP contribution is -2.27. The summed E-state index contributed by atoms with van der Waals surface area (Å²) in [5.74, 6) is 0. The van der Waals surface area contributed by atoms with Gasteiger partial charge in [-0.2, -0.15) is 5.10 Å². The minimum absolute atomic E-state index is 0.0310. The molecule has 0 radical (unpaired) electrons. The van der Waals surface area contributed by atoms with Crippen LogP contribution in [-0.2, 0) is 16.7 Å². The lowest BCUT2D eigenvalue weighted by atomic mass is 9.92. The van der Waals surface area contributed by atoms with Crippen LogP contribution in [0.5, 0.6) is 0 Å². The molecule has 0 amide bonds. The van der Waals surface area contributed by atoms with E-state index in [4.69, 9.17) is 4.74 Å². The molecule has 0 fully saturated rings. The Balaban J connectivity index is 2.87. The van der Waals surface area contributed by atoms with E-state index in [2.05, 4.69) is 25.9 Å². The van der Waals surface area contributed by atoms with Gasteiger partial charge in [-0.15, -0.1) is 0 Å². The van der Waals surface area contributed by atoms with Crippen molar-refractivity contribution in [3.8, 4) is 0 Å². The van der Waals surface area contributed by atoms with Crippen molar-refractivity contribution in [1.82, 2.24) is 9.78 Å². The van der Waals surface area contributed by atoms with Gasteiger partial charge in [0.05, 0.1) is 5.69 Å². The van der Waals surface area contributed by atoms with Gasteiger partial charge in [-0.05, 0) is 12.5 Å². The SMILES string of the molecule is COCCCn1nc(C(C)(C)C)ccc1=O. The fourth-order valence-corrected chi connectivity index (χ4v) is 1.37. The highest BCUT2D eigenvalue weighted by molar-refractivity contribution is 5.10. The van der Waals surface area contributed by atoms with E-state index >= 15 is 0 Å². The van der Waals surface area contributed by atoms with Crippen LogP contribution in [0.4, 0.5) is 0 Å². The number of ether oxygens (including phenoxy) is 1. The zero-order chi connectivity index (χ0) is 12.2. The molecule has 90 valence electrons. The van der Waals surface area contributed by atoms with Gasteiger partial charge in [-0.1, -0.05) is 20.8 Å². The van der Waals surface area contributed by atoms with Gasteiger partial charge < -0.3 is 4.74 Å². The van der Waals surface area contributed by atoms with Gasteiger partial charge in [-0.25, -0.2) is 4.68 Å². The third kappa shape index (κ3) is 3.45. The summed E-state index contributed by atoms with van der Waals surface area (Å²) in [4.78, 5) is 11.6. The summed E-state index contributed by atoms with van der Waals surface area (Å²) in [7, 11) is 1.65. The largest absolute Gasteiger partial charge is 0.385 e. The predicted molar refractivity (Wildman–Crippen MR) is 63.7 cm³/mol. The molecule has 0 aliphatic carbocycles. The summed E-state index contributed by atoms with van der Waals surface area (Å²) >= 11 is 0. The Hall–Kier alpha value is -1.16. The highest BCUT2D eigenvalue weighted by atomic mass is 16.5. The van der Waals surface area contributed by atoms with E-state index in [1.165, 1.54) is 4.68 Å². The first kappa shape index (κ1) is 12.9. The first-order chi connectivity index (χ1) is 7.45. The summed E-state index contributed by atoms with van der Waals surface area (Å²) in [5, 5.41) is 4.36. The molecule has 0 saturated carbocycles. The second-order valence-electron chi connectivity index (χ2n) is 4.88. The smallest absolute Gasteiger partial charge is 0.266 e. The molecule has 1 rings (SSSR count). The summed E-state index contributed by atoms with van der Waals surface area (Å²) in [6.45, 7) is 7.50. The first-order valence-electron chi connectivity index (χ1n) is 5.53. The van der Waals surface area contributed by atoms with Gasteiger partial charge in [0.15, 0.2) is 0 Å². The summed E-state index contributed by atoms with van der Waals surface area (Å²) < 4.78 is 6.47. The van der Waals surface area contributed by atoms with Crippen molar-refractivity contribution in [2.75, 3.05) is 13.7 Å². The Morgan fingerprint density at radius 2 is 2.06 bits per heavy atom. The van der Waals surface area contributed by atoms with E-state index in [0.717, 1.165) is 12.1 Å². The maximum absolute atomic E-state index is 11.6. The number of nitrogens with zero attached hydrogens (tertiary/aromatic N) is 2. The van der Waals surface area contributed by atoms with Crippen molar-refractivity contribution in [2.24, 2.45) is 0 Å². The maximum Gasteiger partial charge on any atom is 0.266 e. The molecule has 0 aliphatic rings. The Labute approximate surface area is 96.2 Å². The lowest BCUT2D eigenvalue weighted by Gasteiger charge is -2.18. The molecule has 16 heavy (non-hydrogen) atoms. The third-order valence-corrected chi connectivity index (χ3v) is 2.35. The molecule has 1 heterocycles. The van der Waals surface area contributed by atoms with Crippen LogP contribution in [0.2, 0.25) is 0 Å². The molecule has 0 unspecified atom stereocenters. The van der Waals surface area contributed by atoms with Crippen LogP contribution in [0, 0.1) is 0 Å². The molecule has 0 saturated heterocycles. The molecule has 1 aromatic rings. The van der Waals surface area contributed by atoms with Crippen molar-refractivity contribution in [3.63, 3.8) is 0 Å². The fraction of sp³-hybridized carbons (Fsp3) is 0.667. The van der Waals surface area contributed by atoms with E-state index in [9.17, 15) is 4.79 Å². The number of aromatic nitrogens is 2. The van der Waals surface area contributed by atoms with Gasteiger partial charge in [0.1, 0.15) is 0 Å². The Morgan fingerprint density at radius 1 is 1.38 bits per heavy atom. The molecule has 0 bridgehead atoms. The summed E-state index contributed by atoms with van der Waals surface area (Å²) in [6, 6.07) is 3.38. The lowest BCUT2D eigenvalue weighted by molar-refractivity contribution is 0.188. The molecule has 0 atom stereocenters. The molecule has 0 aliphatic heterocycles. The number of methoxy groups -OCH3 is 1. The minimum atomic E-state index is -0.0518. The Kier molecular flexibility index (Phi) is 4.24. The van der Waals surface area contributed by atoms with Crippen LogP contribution < -0.4 is 5.56 Å². The highest BCUT2D eigenvalue weighted by Crippen LogP contribution is 2.17. The van der Waals surface area contributed by atoms with Gasteiger partial charge in [0.25, 0.3) is 5.56 Å². The van der Waals surface area contributed by atoms with Crippen LogP contribution in [0.3, 0.4) is 0 Å². The average molecular weight is 224 g/mol. The van der Waals surface area contributed by atoms with Gasteiger partial charge in [0, 0.05) is 31.7 Å². The van der Waals surface area contributed by atoms with Crippen molar-refractivity contribution >= 4 is 0 Å². The van der Waals surface area contributed by atoms with Crippen LogP contribution in [0.25, 0.3) is 0 Å². The van der Waals surface area contributed by atoms with Gasteiger partial charge in [-0.3, -0.25) is 4.79 Å². The van der Waals surface area contributed by atoms with E-state index in [0.29, 0.717) is 13.2 Å². The predicted octanol–water partition coefficient (Wildman–Crippen LogP) is 1.58. The minimum Gasteiger partial charge on any atom is -0.385 e. The zero-order valence-corrected chi connectivity index (χ0v) is 10.5. The van der Waals surface area contributed by atoms with Crippen LogP contribution in [-0.4, -0.2) is 23.5 Å². The van der Waals surface area contributed by atoms with Crippen molar-refractivity contribution < 1.29 is 4.74 Å². The van der Waals surface area contributed by atoms with Crippen LogP contribution in [0.15, 0.2) is 16.9 Å². The standard InChI is InChI=1S/C12H20N2O2/c1-12(2,3)10-6-7-11(15)14(13-10)8-5-9-16-4/h6-7H,5,8-9H2,1-4H3. The fourth-order valence-electron chi connectivity index (χ4n) is 1.37. The Morgan fingerprint density at radius 3 is 2.62 bits per heavy atom. The average Bonchev–Trinajstić information content (AvgIpc) is 2.19. The summed E-state index contributed by atoms with van der Waals surface area (Å²) in [6.07, 6.45) is 0.803. The molecular formula is C12H20N2O2. The third-order valence-electron chi connectivity index (χ3n) is 2.35. The van der Waals surface area contributed by atoms with Crippen LogP contribution in [0.1, 0.15) is 32.9 Å². The maximum atomic E-state index is 11.6. The highest BCUT2D eigenvalue weighted by Gasteiger charge is 2.16. The van der Waals surface area contributed by atoms with E-state index < -0.39 is 0 Å². The van der Waals surface area contributed by atoms with Crippen LogP contribution >= 0.6 is 0 Å². The monoisotopic (exact) mass is 224 g/mol. The summed E-state index contributed by atoms with van der Waals surface area (Å²) in [5.41, 5.74) is 0.852.